The molecule has 2 aliphatic rings. The molecule has 7 aromatic carbocycles. The maximum atomic E-state index is 8.46. The fraction of sp³-hybridized carbons (Fsp3) is 0.0392. The zero-order valence-corrected chi connectivity index (χ0v) is 29.4. The van der Waals surface area contributed by atoms with Crippen LogP contribution in [0.15, 0.2) is 195 Å². The van der Waals surface area contributed by atoms with E-state index >= 15 is 0 Å². The van der Waals surface area contributed by atoms with Crippen molar-refractivity contribution in [2.75, 3.05) is 5.73 Å². The van der Waals surface area contributed by atoms with Gasteiger partial charge >= 0.3 is 0 Å². The molecule has 7 aromatic rings. The Balaban J connectivity index is 1.18. The molecular weight excluding hydrogens is 641 g/mol. The van der Waals surface area contributed by atoms with E-state index in [4.69, 9.17) is 11.1 Å². The molecular formula is C51H38N2. The number of hydrogen-bond donors (Lipinski definition) is 2. The van der Waals surface area contributed by atoms with Crippen LogP contribution in [0.2, 0.25) is 0 Å². The number of para-hydroxylation sites is 1. The quantitative estimate of drug-likeness (QED) is 0.0938. The van der Waals surface area contributed by atoms with Gasteiger partial charge in [-0.2, -0.15) is 0 Å². The van der Waals surface area contributed by atoms with Crippen molar-refractivity contribution in [3.63, 3.8) is 0 Å². The minimum Gasteiger partial charge on any atom is -0.398 e. The Hall–Kier alpha value is -6.77. The zero-order chi connectivity index (χ0) is 35.9. The normalized spacial score (nSPS) is 13.4. The molecule has 9 rings (SSSR count). The van der Waals surface area contributed by atoms with Crippen molar-refractivity contribution < 1.29 is 0 Å². The number of nitrogen functional groups attached to an aromatic ring is 1. The van der Waals surface area contributed by atoms with Crippen molar-refractivity contribution in [2.45, 2.75) is 11.8 Å². The second-order valence-electron chi connectivity index (χ2n) is 13.8. The van der Waals surface area contributed by atoms with Crippen molar-refractivity contribution in [1.82, 2.24) is 0 Å². The molecule has 0 atom stereocenters. The van der Waals surface area contributed by atoms with Crippen LogP contribution in [0.3, 0.4) is 0 Å². The molecule has 0 aliphatic heterocycles. The second kappa shape index (κ2) is 13.1. The van der Waals surface area contributed by atoms with Crippen LogP contribution >= 0.6 is 0 Å². The summed E-state index contributed by atoms with van der Waals surface area (Å²) < 4.78 is 0. The third-order valence-corrected chi connectivity index (χ3v) is 10.9. The molecule has 252 valence electrons. The number of hydrogen-bond acceptors (Lipinski definition) is 2. The molecule has 0 saturated heterocycles. The summed E-state index contributed by atoms with van der Waals surface area (Å²) in [6, 6.07) is 59.3. The third-order valence-electron chi connectivity index (χ3n) is 10.9. The van der Waals surface area contributed by atoms with Crippen LogP contribution < -0.4 is 5.73 Å². The number of anilines is 1. The first-order chi connectivity index (χ1) is 26.1. The highest BCUT2D eigenvalue weighted by Crippen LogP contribution is 2.63. The first kappa shape index (κ1) is 32.2. The van der Waals surface area contributed by atoms with Crippen LogP contribution in [-0.2, 0) is 5.41 Å². The highest BCUT2D eigenvalue weighted by molar-refractivity contribution is 6.00. The van der Waals surface area contributed by atoms with E-state index in [9.17, 15) is 0 Å². The maximum absolute atomic E-state index is 8.46. The van der Waals surface area contributed by atoms with Crippen LogP contribution in [0, 0.1) is 5.41 Å². The topological polar surface area (TPSA) is 49.9 Å². The van der Waals surface area contributed by atoms with Crippen molar-refractivity contribution in [2.24, 2.45) is 0 Å². The lowest BCUT2D eigenvalue weighted by Gasteiger charge is -2.30. The molecule has 1 spiro atoms. The van der Waals surface area contributed by atoms with Crippen LogP contribution in [0.1, 0.15) is 39.8 Å². The second-order valence-corrected chi connectivity index (χ2v) is 13.8. The van der Waals surface area contributed by atoms with E-state index in [0.29, 0.717) is 17.8 Å². The third kappa shape index (κ3) is 5.14. The lowest BCUT2D eigenvalue weighted by Crippen LogP contribution is -2.25. The molecule has 0 bridgehead atoms. The van der Waals surface area contributed by atoms with E-state index in [0.717, 1.165) is 27.8 Å². The van der Waals surface area contributed by atoms with Crippen molar-refractivity contribution in [3.8, 4) is 44.5 Å². The van der Waals surface area contributed by atoms with E-state index in [-0.39, 0.29) is 5.41 Å². The minimum atomic E-state index is -0.374. The molecule has 3 N–H and O–H groups in total. The molecule has 2 aliphatic carbocycles. The van der Waals surface area contributed by atoms with E-state index in [2.05, 4.69) is 158 Å². The predicted molar refractivity (Wildman–Crippen MR) is 223 cm³/mol. The lowest BCUT2D eigenvalue weighted by molar-refractivity contribution is 0.794. The van der Waals surface area contributed by atoms with Crippen LogP contribution in [0.4, 0.5) is 5.69 Å². The molecule has 0 amide bonds. The molecule has 0 radical (unpaired) electrons. The summed E-state index contributed by atoms with van der Waals surface area (Å²) in [5, 5.41) is 8.46. The summed E-state index contributed by atoms with van der Waals surface area (Å²) >= 11 is 0. The molecule has 0 aromatic heterocycles. The van der Waals surface area contributed by atoms with Gasteiger partial charge in [0.1, 0.15) is 0 Å². The van der Waals surface area contributed by atoms with Gasteiger partial charge in [-0.1, -0.05) is 170 Å². The smallest absolute Gasteiger partial charge is 0.0725 e. The highest BCUT2D eigenvalue weighted by Gasteiger charge is 2.51. The summed E-state index contributed by atoms with van der Waals surface area (Å²) in [5.41, 5.74) is 25.7. The van der Waals surface area contributed by atoms with Gasteiger partial charge in [0.15, 0.2) is 0 Å². The van der Waals surface area contributed by atoms with Gasteiger partial charge in [0.05, 0.1) is 5.41 Å². The van der Waals surface area contributed by atoms with Crippen LogP contribution in [-0.4, -0.2) is 5.71 Å². The van der Waals surface area contributed by atoms with Gasteiger partial charge in [0.2, 0.25) is 0 Å². The molecule has 0 fully saturated rings. The molecule has 2 nitrogen and oxygen atoms in total. The van der Waals surface area contributed by atoms with Gasteiger partial charge in [0, 0.05) is 23.4 Å². The Kier molecular flexibility index (Phi) is 7.94. The van der Waals surface area contributed by atoms with Gasteiger partial charge in [-0.05, 0) is 102 Å². The minimum absolute atomic E-state index is 0.374. The average molecular weight is 679 g/mol. The van der Waals surface area contributed by atoms with Crippen molar-refractivity contribution in [3.05, 3.63) is 228 Å². The average Bonchev–Trinajstić information content (AvgIpc) is 3.68. The number of benzene rings is 7. The first-order valence-corrected chi connectivity index (χ1v) is 18.1. The van der Waals surface area contributed by atoms with E-state index < -0.39 is 0 Å². The monoisotopic (exact) mass is 678 g/mol. The SMILES string of the molecule is C=C/C=C\C(=N)C/C=C(/c1cccc(-c2cccc(-c3cccc4c3-c3ccccc3C43c4ccccc4-c4ccccc43)c2)c1)c1ccccc1N. The molecule has 2 heteroatoms. The van der Waals surface area contributed by atoms with Gasteiger partial charge in [-0.3, -0.25) is 0 Å². The summed E-state index contributed by atoms with van der Waals surface area (Å²) in [6.07, 6.45) is 7.86. The number of nitrogens with two attached hydrogens (primary N) is 1. The number of nitrogens with one attached hydrogen (secondary N) is 1. The standard InChI is InChI=1S/C51H38N2/c1-2-3-19-38(52)30-31-39(43-22-7-11-29-49(43)53)36-17-12-15-34(32-36)35-16-13-18-37(33-35)40-24-14-28-48-50(40)44-23-6-10-27-47(44)51(48)45-25-8-4-20-41(45)42-21-5-9-26-46(42)51/h2-29,31-33,52H,1,30,53H2/b19-3-,39-31-,52-38?. The van der Waals surface area contributed by atoms with Gasteiger partial charge in [-0.15, -0.1) is 0 Å². The Labute approximate surface area is 311 Å². The fourth-order valence-corrected chi connectivity index (χ4v) is 8.71. The lowest BCUT2D eigenvalue weighted by atomic mass is 9.70. The summed E-state index contributed by atoms with van der Waals surface area (Å²) in [5.74, 6) is 0. The summed E-state index contributed by atoms with van der Waals surface area (Å²) in [4.78, 5) is 0. The maximum Gasteiger partial charge on any atom is 0.0725 e. The summed E-state index contributed by atoms with van der Waals surface area (Å²) in [7, 11) is 0. The highest BCUT2D eigenvalue weighted by atomic mass is 14.6. The molecule has 0 saturated carbocycles. The van der Waals surface area contributed by atoms with E-state index in [1.807, 2.05) is 18.2 Å². The van der Waals surface area contributed by atoms with E-state index in [1.54, 1.807) is 18.2 Å². The largest absolute Gasteiger partial charge is 0.398 e. The number of allylic oxidation sites excluding steroid dienone is 4. The Morgan fingerprint density at radius 3 is 1.83 bits per heavy atom. The van der Waals surface area contributed by atoms with Gasteiger partial charge in [-0.25, -0.2) is 0 Å². The van der Waals surface area contributed by atoms with Crippen LogP contribution in [0.5, 0.6) is 0 Å². The van der Waals surface area contributed by atoms with E-state index in [1.165, 1.54) is 55.6 Å². The van der Waals surface area contributed by atoms with Gasteiger partial charge < -0.3 is 11.1 Å². The summed E-state index contributed by atoms with van der Waals surface area (Å²) in [6.45, 7) is 3.74. The zero-order valence-electron chi connectivity index (χ0n) is 29.4. The first-order valence-electron chi connectivity index (χ1n) is 18.1. The van der Waals surface area contributed by atoms with Crippen molar-refractivity contribution >= 4 is 17.0 Å². The number of fused-ring (bicyclic) bond motifs is 10. The Morgan fingerprint density at radius 2 is 1.11 bits per heavy atom. The molecule has 0 unspecified atom stereocenters. The molecule has 0 heterocycles. The van der Waals surface area contributed by atoms with Gasteiger partial charge in [0.25, 0.3) is 0 Å². The van der Waals surface area contributed by atoms with Crippen LogP contribution in [0.25, 0.3) is 50.1 Å². The Bertz CT molecular complexity index is 2610. The Morgan fingerprint density at radius 1 is 0.566 bits per heavy atom. The van der Waals surface area contributed by atoms with Crippen molar-refractivity contribution in [1.29, 1.82) is 5.41 Å². The fourth-order valence-electron chi connectivity index (χ4n) is 8.71. The predicted octanol–water partition coefficient (Wildman–Crippen LogP) is 12.5. The number of rotatable bonds is 8. The molecule has 53 heavy (non-hydrogen) atoms.